The van der Waals surface area contributed by atoms with Gasteiger partial charge in [-0.2, -0.15) is 0 Å². The van der Waals surface area contributed by atoms with Crippen molar-refractivity contribution in [3.63, 3.8) is 0 Å². The maximum Gasteiger partial charge on any atom is 0.258 e. The lowest BCUT2D eigenvalue weighted by Gasteiger charge is -2.24. The summed E-state index contributed by atoms with van der Waals surface area (Å²) in [5.41, 5.74) is 11.2. The predicted octanol–water partition coefficient (Wildman–Crippen LogP) is 5.53. The SMILES string of the molecule is C#Cc1cnc2c(Cl)cc(N[C@H](C3=CN(C(C)COC)NN3)c3cccc4c(=O)n(C)ccc34)cc2c1NCC(C)(C)C. The summed E-state index contributed by atoms with van der Waals surface area (Å²) in [7, 11) is 3.44. The molecule has 10 heteroatoms. The number of fused-ring (bicyclic) bond motifs is 2. The molecule has 0 saturated heterocycles. The average molecular weight is 600 g/mol. The Morgan fingerprint density at radius 1 is 1.19 bits per heavy atom. The molecule has 2 atom stereocenters. The summed E-state index contributed by atoms with van der Waals surface area (Å²) in [4.78, 5) is 17.6. The molecule has 4 N–H and O–H groups in total. The summed E-state index contributed by atoms with van der Waals surface area (Å²) in [5.74, 6) is 2.77. The molecular formula is C33H38ClN7O2. The minimum atomic E-state index is -0.383. The van der Waals surface area contributed by atoms with Crippen LogP contribution in [0.1, 0.15) is 44.9 Å². The lowest BCUT2D eigenvalue weighted by molar-refractivity contribution is 0.0999. The predicted molar refractivity (Wildman–Crippen MR) is 176 cm³/mol. The third kappa shape index (κ3) is 6.27. The van der Waals surface area contributed by atoms with Gasteiger partial charge < -0.3 is 25.4 Å². The first-order valence-corrected chi connectivity index (χ1v) is 14.6. The van der Waals surface area contributed by atoms with Crippen molar-refractivity contribution in [2.45, 2.75) is 39.8 Å². The van der Waals surface area contributed by atoms with Gasteiger partial charge in [-0.1, -0.05) is 50.4 Å². The summed E-state index contributed by atoms with van der Waals surface area (Å²) in [6.07, 6.45) is 11.4. The van der Waals surface area contributed by atoms with E-state index in [2.05, 4.69) is 60.2 Å². The van der Waals surface area contributed by atoms with Crippen LogP contribution in [0.15, 0.2) is 65.5 Å². The van der Waals surface area contributed by atoms with Crippen LogP contribution in [0.2, 0.25) is 5.02 Å². The lowest BCUT2D eigenvalue weighted by atomic mass is 9.96. The van der Waals surface area contributed by atoms with E-state index in [1.54, 1.807) is 31.1 Å². The van der Waals surface area contributed by atoms with Crippen LogP contribution >= 0.6 is 11.6 Å². The Kier molecular flexibility index (Phi) is 8.56. The highest BCUT2D eigenvalue weighted by molar-refractivity contribution is 6.35. The molecule has 9 nitrogen and oxygen atoms in total. The normalized spacial score (nSPS) is 14.7. The molecule has 2 aromatic carbocycles. The van der Waals surface area contributed by atoms with Crippen LogP contribution in [0.25, 0.3) is 21.7 Å². The number of hydrogen-bond donors (Lipinski definition) is 4. The number of pyridine rings is 2. The first-order chi connectivity index (χ1) is 20.5. The molecule has 2 aromatic heterocycles. The fourth-order valence-corrected chi connectivity index (χ4v) is 5.45. The van der Waals surface area contributed by atoms with Gasteiger partial charge in [0.25, 0.3) is 5.56 Å². The van der Waals surface area contributed by atoms with E-state index >= 15 is 0 Å². The van der Waals surface area contributed by atoms with E-state index in [1.165, 1.54) is 0 Å². The quantitative estimate of drug-likeness (QED) is 0.187. The van der Waals surface area contributed by atoms with E-state index in [4.69, 9.17) is 22.8 Å². The summed E-state index contributed by atoms with van der Waals surface area (Å²) >= 11 is 6.85. The van der Waals surface area contributed by atoms with Crippen molar-refractivity contribution in [1.82, 2.24) is 25.5 Å². The number of hydrogen-bond acceptors (Lipinski definition) is 8. The van der Waals surface area contributed by atoms with Crippen LogP contribution in [0.4, 0.5) is 11.4 Å². The minimum absolute atomic E-state index is 0.0249. The van der Waals surface area contributed by atoms with E-state index in [0.29, 0.717) is 34.6 Å². The number of anilines is 2. The number of ether oxygens (including phenoxy) is 1. The van der Waals surface area contributed by atoms with Gasteiger partial charge in [-0.3, -0.25) is 14.8 Å². The number of nitrogens with one attached hydrogen (secondary N) is 4. The summed E-state index contributed by atoms with van der Waals surface area (Å²) < 4.78 is 6.95. The standard InChI is InChI=1S/C33H38ClN7O2/c1-8-21-16-35-30-26(29(21)36-19-33(3,4)5)14-22(15-27(30)34)37-31(28-17-41(39-38-28)20(2)18-43-7)24-10-9-11-25-23(24)12-13-40(6)32(25)42/h1,9-17,20,31,37-39H,18-19H2,2-7H3,(H,35,36)/t20?,31-/m0/s1. The maximum atomic E-state index is 13.0. The largest absolute Gasteiger partial charge is 0.383 e. The number of hydrazine groups is 2. The topological polar surface area (TPSA) is 95.5 Å². The molecule has 4 aromatic rings. The highest BCUT2D eigenvalue weighted by Gasteiger charge is 2.27. The van der Waals surface area contributed by atoms with Gasteiger partial charge >= 0.3 is 0 Å². The van der Waals surface area contributed by atoms with Crippen LogP contribution < -0.4 is 27.2 Å². The van der Waals surface area contributed by atoms with Crippen LogP contribution in [0.5, 0.6) is 0 Å². The summed E-state index contributed by atoms with van der Waals surface area (Å²) in [6.45, 7) is 9.79. The van der Waals surface area contributed by atoms with Crippen molar-refractivity contribution in [2.24, 2.45) is 12.5 Å². The van der Waals surface area contributed by atoms with Gasteiger partial charge in [0, 0.05) is 55.8 Å². The number of aryl methyl sites for hydroxylation is 1. The van der Waals surface area contributed by atoms with Crippen molar-refractivity contribution in [1.29, 1.82) is 0 Å². The van der Waals surface area contributed by atoms with Crippen molar-refractivity contribution in [2.75, 3.05) is 30.9 Å². The Labute approximate surface area is 257 Å². The zero-order valence-corrected chi connectivity index (χ0v) is 26.1. The average Bonchev–Trinajstić information content (AvgIpc) is 3.46. The monoisotopic (exact) mass is 599 g/mol. The number of aromatic nitrogens is 2. The second-order valence-corrected chi connectivity index (χ2v) is 12.5. The van der Waals surface area contributed by atoms with Crippen LogP contribution in [-0.4, -0.2) is 40.9 Å². The van der Waals surface area contributed by atoms with Crippen molar-refractivity contribution < 1.29 is 4.74 Å². The molecule has 0 spiro atoms. The Morgan fingerprint density at radius 2 is 1.98 bits per heavy atom. The Morgan fingerprint density at radius 3 is 2.70 bits per heavy atom. The molecule has 43 heavy (non-hydrogen) atoms. The minimum Gasteiger partial charge on any atom is -0.383 e. The van der Waals surface area contributed by atoms with Crippen molar-refractivity contribution in [3.8, 4) is 12.3 Å². The molecule has 0 fully saturated rings. The Bertz CT molecular complexity index is 1800. The second-order valence-electron chi connectivity index (χ2n) is 12.1. The Hall–Kier alpha value is -4.23. The summed E-state index contributed by atoms with van der Waals surface area (Å²) in [6, 6.07) is 11.3. The van der Waals surface area contributed by atoms with E-state index in [9.17, 15) is 4.79 Å². The lowest BCUT2D eigenvalue weighted by Crippen LogP contribution is -2.44. The van der Waals surface area contributed by atoms with Crippen LogP contribution in [-0.2, 0) is 11.8 Å². The molecule has 224 valence electrons. The fraction of sp³-hybridized carbons (Fsp3) is 0.333. The number of halogens is 1. The zero-order chi connectivity index (χ0) is 30.9. The van der Waals surface area contributed by atoms with Gasteiger partial charge in [0.2, 0.25) is 0 Å². The third-order valence-corrected chi connectivity index (χ3v) is 7.74. The molecule has 0 aliphatic carbocycles. The first kappa shape index (κ1) is 30.2. The van der Waals surface area contributed by atoms with Gasteiger partial charge in [0.05, 0.1) is 46.2 Å². The van der Waals surface area contributed by atoms with E-state index < -0.39 is 0 Å². The molecule has 1 aliphatic rings. The zero-order valence-electron chi connectivity index (χ0n) is 25.4. The molecule has 0 radical (unpaired) electrons. The molecule has 1 unspecified atom stereocenters. The molecular weight excluding hydrogens is 562 g/mol. The highest BCUT2D eigenvalue weighted by atomic mass is 35.5. The Balaban J connectivity index is 1.65. The van der Waals surface area contributed by atoms with Gasteiger partial charge in [0.1, 0.15) is 0 Å². The third-order valence-electron chi connectivity index (χ3n) is 7.45. The molecule has 1 aliphatic heterocycles. The number of rotatable bonds is 9. The van der Waals surface area contributed by atoms with E-state index in [-0.39, 0.29) is 23.1 Å². The van der Waals surface area contributed by atoms with Gasteiger partial charge in [-0.05, 0) is 47.6 Å². The first-order valence-electron chi connectivity index (χ1n) is 14.2. The molecule has 3 heterocycles. The molecule has 0 amide bonds. The fourth-order valence-electron chi connectivity index (χ4n) is 5.19. The van der Waals surface area contributed by atoms with Gasteiger partial charge in [-0.15, -0.1) is 12.0 Å². The van der Waals surface area contributed by atoms with Crippen LogP contribution in [0, 0.1) is 17.8 Å². The second kappa shape index (κ2) is 12.2. The number of methoxy groups -OCH3 is 1. The van der Waals surface area contributed by atoms with Crippen molar-refractivity contribution >= 4 is 44.7 Å². The summed E-state index contributed by atoms with van der Waals surface area (Å²) in [5, 5.41) is 12.0. The molecule has 0 saturated carbocycles. The number of benzene rings is 2. The molecule has 5 rings (SSSR count). The van der Waals surface area contributed by atoms with Crippen molar-refractivity contribution in [3.05, 3.63) is 87.2 Å². The number of terminal acetylenes is 1. The van der Waals surface area contributed by atoms with Crippen LogP contribution in [0.3, 0.4) is 0 Å². The number of nitrogens with zero attached hydrogens (tertiary/aromatic N) is 3. The van der Waals surface area contributed by atoms with Gasteiger partial charge in [0.15, 0.2) is 0 Å². The van der Waals surface area contributed by atoms with E-state index in [0.717, 1.165) is 33.4 Å². The van der Waals surface area contributed by atoms with Gasteiger partial charge in [-0.25, -0.2) is 0 Å². The maximum absolute atomic E-state index is 13.0. The smallest absolute Gasteiger partial charge is 0.258 e. The highest BCUT2D eigenvalue weighted by Crippen LogP contribution is 2.37. The van der Waals surface area contributed by atoms with E-state index in [1.807, 2.05) is 47.6 Å². The molecule has 0 bridgehead atoms.